The Morgan fingerprint density at radius 2 is 1.78 bits per heavy atom. The lowest BCUT2D eigenvalue weighted by Crippen LogP contribution is -2.47. The molecule has 0 aromatic heterocycles. The molecular weight excluding hydrogens is 224 g/mol. The number of piperidine rings is 1. The highest BCUT2D eigenvalue weighted by Gasteiger charge is 2.36. The van der Waals surface area contributed by atoms with Gasteiger partial charge < -0.3 is 10.6 Å². The Balaban J connectivity index is 1.96. The van der Waals surface area contributed by atoms with Crippen molar-refractivity contribution in [2.45, 2.75) is 70.8 Å². The Kier molecular flexibility index (Phi) is 4.66. The van der Waals surface area contributed by atoms with E-state index in [9.17, 15) is 4.79 Å². The number of rotatable bonds is 2. The van der Waals surface area contributed by atoms with Crippen LogP contribution in [0.3, 0.4) is 0 Å². The van der Waals surface area contributed by atoms with Crippen molar-refractivity contribution >= 4 is 5.91 Å². The molecule has 3 heteroatoms. The second kappa shape index (κ2) is 6.05. The van der Waals surface area contributed by atoms with Crippen LogP contribution in [0.4, 0.5) is 0 Å². The third kappa shape index (κ3) is 3.47. The van der Waals surface area contributed by atoms with Crippen molar-refractivity contribution in [3.05, 3.63) is 0 Å². The van der Waals surface area contributed by atoms with Gasteiger partial charge in [-0.1, -0.05) is 25.7 Å². The van der Waals surface area contributed by atoms with Crippen LogP contribution in [0.1, 0.15) is 64.7 Å². The Morgan fingerprint density at radius 3 is 2.39 bits per heavy atom. The second-order valence-electron chi connectivity index (χ2n) is 6.51. The fraction of sp³-hybridized carbons (Fsp3) is 0.933. The molecule has 2 aliphatic rings. The van der Waals surface area contributed by atoms with Gasteiger partial charge in [-0.2, -0.15) is 0 Å². The van der Waals surface area contributed by atoms with E-state index in [1.54, 1.807) is 0 Å². The lowest BCUT2D eigenvalue weighted by Gasteiger charge is -2.43. The minimum absolute atomic E-state index is 0.00971. The van der Waals surface area contributed by atoms with Crippen LogP contribution >= 0.6 is 0 Å². The summed E-state index contributed by atoms with van der Waals surface area (Å²) in [6, 6.07) is -0.00971. The molecule has 18 heavy (non-hydrogen) atoms. The molecule has 0 bridgehead atoms. The van der Waals surface area contributed by atoms with Crippen LogP contribution in [0, 0.1) is 5.41 Å². The van der Waals surface area contributed by atoms with Crippen molar-refractivity contribution in [3.8, 4) is 0 Å². The Morgan fingerprint density at radius 1 is 1.17 bits per heavy atom. The highest BCUT2D eigenvalue weighted by molar-refractivity contribution is 5.76. The summed E-state index contributed by atoms with van der Waals surface area (Å²) in [5.74, 6) is 0.272. The monoisotopic (exact) mass is 252 g/mol. The predicted octanol–water partition coefficient (Wildman–Crippen LogP) is 2.69. The van der Waals surface area contributed by atoms with E-state index in [4.69, 9.17) is 5.73 Å². The molecule has 0 radical (unpaired) electrons. The molecule has 1 spiro atoms. The van der Waals surface area contributed by atoms with E-state index in [-0.39, 0.29) is 11.9 Å². The van der Waals surface area contributed by atoms with Gasteiger partial charge in [0.15, 0.2) is 0 Å². The standard InChI is InChI=1S/C15H28N2O/c1-13(16)11-14(18)17-10-6-9-15(12-17)7-4-2-3-5-8-15/h13H,2-12,16H2,1H3. The van der Waals surface area contributed by atoms with Gasteiger partial charge in [-0.15, -0.1) is 0 Å². The van der Waals surface area contributed by atoms with Gasteiger partial charge in [0.05, 0.1) is 0 Å². The molecule has 1 heterocycles. The number of nitrogens with zero attached hydrogens (tertiary/aromatic N) is 1. The summed E-state index contributed by atoms with van der Waals surface area (Å²) >= 11 is 0. The molecule has 1 saturated heterocycles. The van der Waals surface area contributed by atoms with Crippen LogP contribution in [-0.2, 0) is 4.79 Å². The van der Waals surface area contributed by atoms with E-state index >= 15 is 0 Å². The fourth-order valence-corrected chi connectivity index (χ4v) is 3.71. The van der Waals surface area contributed by atoms with Gasteiger partial charge in [-0.05, 0) is 38.0 Å². The predicted molar refractivity (Wildman–Crippen MR) is 74.2 cm³/mol. The first kappa shape index (κ1) is 13.9. The smallest absolute Gasteiger partial charge is 0.224 e. The average Bonchev–Trinajstić information content (AvgIpc) is 2.54. The quantitative estimate of drug-likeness (QED) is 0.821. The zero-order chi connectivity index (χ0) is 13.0. The second-order valence-corrected chi connectivity index (χ2v) is 6.51. The zero-order valence-corrected chi connectivity index (χ0v) is 11.8. The molecule has 2 rings (SSSR count). The maximum absolute atomic E-state index is 12.2. The molecule has 2 fully saturated rings. The molecule has 1 aliphatic carbocycles. The topological polar surface area (TPSA) is 46.3 Å². The summed E-state index contributed by atoms with van der Waals surface area (Å²) in [5.41, 5.74) is 6.19. The van der Waals surface area contributed by atoms with Crippen molar-refractivity contribution in [2.24, 2.45) is 11.1 Å². The van der Waals surface area contributed by atoms with Crippen molar-refractivity contribution in [2.75, 3.05) is 13.1 Å². The van der Waals surface area contributed by atoms with E-state index in [2.05, 4.69) is 4.90 Å². The largest absolute Gasteiger partial charge is 0.342 e. The Labute approximate surface area is 111 Å². The Bertz CT molecular complexity index is 280. The molecular formula is C15H28N2O. The summed E-state index contributed by atoms with van der Waals surface area (Å²) in [4.78, 5) is 14.3. The van der Waals surface area contributed by atoms with Crippen LogP contribution in [0.15, 0.2) is 0 Å². The summed E-state index contributed by atoms with van der Waals surface area (Å²) < 4.78 is 0. The van der Waals surface area contributed by atoms with Gasteiger partial charge in [0.1, 0.15) is 0 Å². The number of carbonyl (C=O) groups excluding carboxylic acids is 1. The SMILES string of the molecule is CC(N)CC(=O)N1CCCC2(CCCCCC2)C1. The maximum atomic E-state index is 12.2. The maximum Gasteiger partial charge on any atom is 0.224 e. The minimum Gasteiger partial charge on any atom is -0.342 e. The van der Waals surface area contributed by atoms with E-state index in [0.29, 0.717) is 11.8 Å². The third-order valence-electron chi connectivity index (χ3n) is 4.67. The van der Waals surface area contributed by atoms with Crippen LogP contribution in [0.25, 0.3) is 0 Å². The first-order valence-corrected chi connectivity index (χ1v) is 7.65. The molecule has 1 aliphatic heterocycles. The molecule has 3 nitrogen and oxygen atoms in total. The van der Waals surface area contributed by atoms with E-state index in [1.165, 1.54) is 51.4 Å². The van der Waals surface area contributed by atoms with Crippen molar-refractivity contribution in [1.29, 1.82) is 0 Å². The first-order chi connectivity index (χ1) is 8.61. The molecule has 0 aromatic rings. The normalized spacial score (nSPS) is 25.8. The van der Waals surface area contributed by atoms with Gasteiger partial charge in [0.2, 0.25) is 5.91 Å². The average molecular weight is 252 g/mol. The molecule has 104 valence electrons. The summed E-state index contributed by atoms with van der Waals surface area (Å²) in [5, 5.41) is 0. The van der Waals surface area contributed by atoms with Crippen LogP contribution in [-0.4, -0.2) is 29.9 Å². The fourth-order valence-electron chi connectivity index (χ4n) is 3.71. The summed E-state index contributed by atoms with van der Waals surface area (Å²) in [6.07, 6.45) is 11.2. The number of amides is 1. The van der Waals surface area contributed by atoms with Gasteiger partial charge in [0, 0.05) is 25.6 Å². The first-order valence-electron chi connectivity index (χ1n) is 7.65. The highest BCUT2D eigenvalue weighted by atomic mass is 16.2. The number of hydrogen-bond acceptors (Lipinski definition) is 2. The number of hydrogen-bond donors (Lipinski definition) is 1. The lowest BCUT2D eigenvalue weighted by atomic mass is 9.74. The summed E-state index contributed by atoms with van der Waals surface area (Å²) in [7, 11) is 0. The van der Waals surface area contributed by atoms with Crippen molar-refractivity contribution in [1.82, 2.24) is 4.90 Å². The van der Waals surface area contributed by atoms with Crippen molar-refractivity contribution in [3.63, 3.8) is 0 Å². The van der Waals surface area contributed by atoms with Crippen LogP contribution in [0.2, 0.25) is 0 Å². The molecule has 1 unspecified atom stereocenters. The van der Waals surface area contributed by atoms with Gasteiger partial charge in [-0.25, -0.2) is 0 Å². The Hall–Kier alpha value is -0.570. The van der Waals surface area contributed by atoms with E-state index < -0.39 is 0 Å². The van der Waals surface area contributed by atoms with Gasteiger partial charge >= 0.3 is 0 Å². The molecule has 2 N–H and O–H groups in total. The van der Waals surface area contributed by atoms with Crippen LogP contribution < -0.4 is 5.73 Å². The van der Waals surface area contributed by atoms with Crippen molar-refractivity contribution < 1.29 is 4.79 Å². The number of carbonyl (C=O) groups is 1. The molecule has 1 atom stereocenters. The van der Waals surface area contributed by atoms with E-state index in [0.717, 1.165) is 13.1 Å². The molecule has 1 saturated carbocycles. The number of likely N-dealkylation sites (tertiary alicyclic amines) is 1. The summed E-state index contributed by atoms with van der Waals surface area (Å²) in [6.45, 7) is 3.87. The minimum atomic E-state index is -0.00971. The zero-order valence-electron chi connectivity index (χ0n) is 11.8. The molecule has 0 aromatic carbocycles. The third-order valence-corrected chi connectivity index (χ3v) is 4.67. The van der Waals surface area contributed by atoms with Gasteiger partial charge in [-0.3, -0.25) is 4.79 Å². The highest BCUT2D eigenvalue weighted by Crippen LogP contribution is 2.42. The lowest BCUT2D eigenvalue weighted by molar-refractivity contribution is -0.135. The van der Waals surface area contributed by atoms with E-state index in [1.807, 2.05) is 6.92 Å². The van der Waals surface area contributed by atoms with Gasteiger partial charge in [0.25, 0.3) is 0 Å². The molecule has 1 amide bonds. The number of nitrogens with two attached hydrogens (primary N) is 1. The van der Waals surface area contributed by atoms with Crippen LogP contribution in [0.5, 0.6) is 0 Å².